The monoisotopic (exact) mass is 361 g/mol. The van der Waals surface area contributed by atoms with E-state index in [1.54, 1.807) is 18.2 Å². The topological polar surface area (TPSA) is 88.9 Å². The molecule has 22 heavy (non-hydrogen) atoms. The van der Waals surface area contributed by atoms with Crippen LogP contribution in [0.4, 0.5) is 11.6 Å². The molecule has 1 unspecified atom stereocenters. The molecule has 3 rings (SSSR count). The fourth-order valence-electron chi connectivity index (χ4n) is 2.08. The van der Waals surface area contributed by atoms with E-state index in [-0.39, 0.29) is 26.9 Å². The number of aromatic nitrogens is 3. The molecule has 2 heterocycles. The first-order chi connectivity index (χ1) is 10.4. The van der Waals surface area contributed by atoms with Crippen molar-refractivity contribution >= 4 is 44.9 Å². The summed E-state index contributed by atoms with van der Waals surface area (Å²) in [5, 5.41) is 7.18. The number of nitrogens with zero attached hydrogens (tertiary/aromatic N) is 3. The van der Waals surface area contributed by atoms with Gasteiger partial charge in [-0.05, 0) is 25.5 Å². The first-order valence-electron chi connectivity index (χ1n) is 6.55. The first kappa shape index (κ1) is 15.4. The minimum absolute atomic E-state index is 0.111. The molecule has 118 valence electrons. The Morgan fingerprint density at radius 1 is 1.36 bits per heavy atom. The molecule has 7 nitrogen and oxygen atoms in total. The molecule has 0 fully saturated rings. The van der Waals surface area contributed by atoms with Gasteiger partial charge in [-0.15, -0.1) is 5.10 Å². The lowest BCUT2D eigenvalue weighted by molar-refractivity contribution is 0.502. The van der Waals surface area contributed by atoms with Gasteiger partial charge >= 0.3 is 0 Å². The van der Waals surface area contributed by atoms with E-state index in [1.807, 2.05) is 6.92 Å². The Morgan fingerprint density at radius 2 is 2.05 bits per heavy atom. The van der Waals surface area contributed by atoms with Crippen LogP contribution in [-0.2, 0) is 16.6 Å². The number of anilines is 2. The summed E-state index contributed by atoms with van der Waals surface area (Å²) >= 11 is 11.9. The molecule has 1 aliphatic heterocycles. The van der Waals surface area contributed by atoms with Crippen LogP contribution in [0.3, 0.4) is 0 Å². The molecular weight excluding hydrogens is 349 g/mol. The molecule has 2 N–H and O–H groups in total. The van der Waals surface area contributed by atoms with E-state index in [9.17, 15) is 8.42 Å². The lowest BCUT2D eigenvalue weighted by Gasteiger charge is -2.20. The molecule has 1 aromatic carbocycles. The smallest absolute Gasteiger partial charge is 0.299 e. The van der Waals surface area contributed by atoms with Gasteiger partial charge in [0.05, 0.1) is 15.7 Å². The molecule has 1 aromatic heterocycles. The van der Waals surface area contributed by atoms with Crippen LogP contribution in [0.5, 0.6) is 0 Å². The SMILES string of the molecule is CC1CCn2nc(S(=O)(=O)Nc3c(Cl)cccc3Cl)nc2N1. The third-order valence-corrected chi connectivity index (χ3v) is 5.00. The Bertz CT molecular complexity index is 801. The largest absolute Gasteiger partial charge is 0.352 e. The number of aryl methyl sites for hydroxylation is 1. The van der Waals surface area contributed by atoms with Crippen molar-refractivity contribution in [2.75, 3.05) is 10.0 Å². The van der Waals surface area contributed by atoms with Crippen molar-refractivity contribution < 1.29 is 8.42 Å². The number of para-hydroxylation sites is 1. The van der Waals surface area contributed by atoms with Gasteiger partial charge in [-0.2, -0.15) is 13.4 Å². The number of hydrogen-bond acceptors (Lipinski definition) is 5. The minimum Gasteiger partial charge on any atom is -0.352 e. The number of halogens is 2. The zero-order chi connectivity index (χ0) is 15.9. The average Bonchev–Trinajstić information content (AvgIpc) is 2.87. The zero-order valence-corrected chi connectivity index (χ0v) is 13.9. The van der Waals surface area contributed by atoms with Gasteiger partial charge in [-0.25, -0.2) is 4.68 Å². The molecular formula is C12H13Cl2N5O2S. The normalized spacial score (nSPS) is 17.7. The Morgan fingerprint density at radius 3 is 2.73 bits per heavy atom. The second-order valence-corrected chi connectivity index (χ2v) is 7.37. The molecule has 0 amide bonds. The fourth-order valence-corrected chi connectivity index (χ4v) is 3.68. The van der Waals surface area contributed by atoms with Gasteiger partial charge in [0.1, 0.15) is 0 Å². The van der Waals surface area contributed by atoms with E-state index in [0.29, 0.717) is 12.5 Å². The molecule has 10 heteroatoms. The van der Waals surface area contributed by atoms with E-state index in [1.165, 1.54) is 4.68 Å². The van der Waals surface area contributed by atoms with Crippen LogP contribution in [-0.4, -0.2) is 29.2 Å². The Balaban J connectivity index is 1.94. The van der Waals surface area contributed by atoms with Crippen LogP contribution < -0.4 is 10.0 Å². The van der Waals surface area contributed by atoms with Gasteiger partial charge in [0.25, 0.3) is 15.2 Å². The number of benzene rings is 1. The predicted octanol–water partition coefficient (Wildman–Crippen LogP) is 2.59. The highest BCUT2D eigenvalue weighted by molar-refractivity contribution is 7.92. The van der Waals surface area contributed by atoms with Crippen LogP contribution in [0.2, 0.25) is 10.0 Å². The van der Waals surface area contributed by atoms with Crippen molar-refractivity contribution in [2.45, 2.75) is 31.1 Å². The highest BCUT2D eigenvalue weighted by Gasteiger charge is 2.26. The number of rotatable bonds is 3. The summed E-state index contributed by atoms with van der Waals surface area (Å²) in [6, 6.07) is 4.93. The maximum atomic E-state index is 12.4. The summed E-state index contributed by atoms with van der Waals surface area (Å²) in [6.45, 7) is 2.60. The van der Waals surface area contributed by atoms with E-state index in [2.05, 4.69) is 20.1 Å². The lowest BCUT2D eigenvalue weighted by atomic mass is 10.2. The Labute approximate surface area is 137 Å². The summed E-state index contributed by atoms with van der Waals surface area (Å²) in [5.74, 6) is 0.435. The van der Waals surface area contributed by atoms with Crippen molar-refractivity contribution in [3.63, 3.8) is 0 Å². The molecule has 0 saturated heterocycles. The highest BCUT2D eigenvalue weighted by Crippen LogP contribution is 2.31. The Hall–Kier alpha value is -1.51. The van der Waals surface area contributed by atoms with Gasteiger partial charge in [0.15, 0.2) is 0 Å². The van der Waals surface area contributed by atoms with E-state index >= 15 is 0 Å². The second kappa shape index (κ2) is 5.60. The molecule has 1 atom stereocenters. The van der Waals surface area contributed by atoms with Crippen LogP contribution >= 0.6 is 23.2 Å². The maximum absolute atomic E-state index is 12.4. The van der Waals surface area contributed by atoms with E-state index in [4.69, 9.17) is 23.2 Å². The average molecular weight is 362 g/mol. The third-order valence-electron chi connectivity index (χ3n) is 3.24. The summed E-state index contributed by atoms with van der Waals surface area (Å²) in [6.07, 6.45) is 0.847. The van der Waals surface area contributed by atoms with Gasteiger partial charge in [-0.1, -0.05) is 29.3 Å². The van der Waals surface area contributed by atoms with Crippen molar-refractivity contribution in [3.8, 4) is 0 Å². The molecule has 2 aromatic rings. The second-order valence-electron chi connectivity index (χ2n) is 4.98. The quantitative estimate of drug-likeness (QED) is 0.876. The lowest BCUT2D eigenvalue weighted by Crippen LogP contribution is -2.26. The van der Waals surface area contributed by atoms with Crippen molar-refractivity contribution in [3.05, 3.63) is 28.2 Å². The van der Waals surface area contributed by atoms with Gasteiger partial charge < -0.3 is 5.32 Å². The molecule has 0 saturated carbocycles. The zero-order valence-electron chi connectivity index (χ0n) is 11.5. The molecule has 0 radical (unpaired) electrons. The predicted molar refractivity (Wildman–Crippen MR) is 85.0 cm³/mol. The minimum atomic E-state index is -3.97. The fraction of sp³-hybridized carbons (Fsp3) is 0.333. The molecule has 0 spiro atoms. The maximum Gasteiger partial charge on any atom is 0.299 e. The summed E-state index contributed by atoms with van der Waals surface area (Å²) in [7, 11) is -3.97. The molecule has 1 aliphatic rings. The van der Waals surface area contributed by atoms with Crippen molar-refractivity contribution in [2.24, 2.45) is 0 Å². The molecule has 0 aliphatic carbocycles. The van der Waals surface area contributed by atoms with Crippen molar-refractivity contribution in [1.29, 1.82) is 0 Å². The first-order valence-corrected chi connectivity index (χ1v) is 8.79. The van der Waals surface area contributed by atoms with Crippen LogP contribution in [0, 0.1) is 0 Å². The summed E-state index contributed by atoms with van der Waals surface area (Å²) < 4.78 is 28.7. The number of fused-ring (bicyclic) bond motifs is 1. The number of sulfonamides is 1. The van der Waals surface area contributed by atoms with Gasteiger partial charge in [-0.3, -0.25) is 4.72 Å². The van der Waals surface area contributed by atoms with Crippen LogP contribution in [0.25, 0.3) is 0 Å². The third kappa shape index (κ3) is 2.86. The Kier molecular flexibility index (Phi) is 3.92. The van der Waals surface area contributed by atoms with E-state index in [0.717, 1.165) is 6.42 Å². The molecule has 0 bridgehead atoms. The standard InChI is InChI=1S/C12H13Cl2N5O2S/c1-7-5-6-19-11(15-7)16-12(17-19)22(20,21)18-10-8(13)3-2-4-9(10)14/h2-4,7,18H,5-6H2,1H3,(H,15,16,17). The van der Waals surface area contributed by atoms with Crippen LogP contribution in [0.15, 0.2) is 23.4 Å². The van der Waals surface area contributed by atoms with Crippen LogP contribution in [0.1, 0.15) is 13.3 Å². The summed E-state index contributed by atoms with van der Waals surface area (Å²) in [5.41, 5.74) is 0.111. The number of nitrogens with one attached hydrogen (secondary N) is 2. The van der Waals surface area contributed by atoms with Gasteiger partial charge in [0, 0.05) is 12.6 Å². The summed E-state index contributed by atoms with van der Waals surface area (Å²) in [4.78, 5) is 4.03. The number of hydrogen-bond donors (Lipinski definition) is 2. The highest BCUT2D eigenvalue weighted by atomic mass is 35.5. The van der Waals surface area contributed by atoms with Crippen molar-refractivity contribution in [1.82, 2.24) is 14.8 Å². The van der Waals surface area contributed by atoms with Gasteiger partial charge in [0.2, 0.25) is 5.95 Å². The van der Waals surface area contributed by atoms with E-state index < -0.39 is 10.0 Å².